The molecular formula is C14H28O2. The highest BCUT2D eigenvalue weighted by molar-refractivity contribution is 4.85. The normalized spacial score (nSPS) is 14.7. The summed E-state index contributed by atoms with van der Waals surface area (Å²) in [6.07, 6.45) is 7.05. The van der Waals surface area contributed by atoms with Gasteiger partial charge in [0.1, 0.15) is 0 Å². The highest BCUT2D eigenvalue weighted by Crippen LogP contribution is 2.20. The molecule has 0 amide bonds. The maximum absolute atomic E-state index is 5.80. The minimum Gasteiger partial charge on any atom is -0.379 e. The van der Waals surface area contributed by atoms with Crippen LogP contribution in [0.5, 0.6) is 0 Å². The average molecular weight is 228 g/mol. The van der Waals surface area contributed by atoms with Crippen LogP contribution < -0.4 is 0 Å². The van der Waals surface area contributed by atoms with E-state index in [1.807, 2.05) is 13.0 Å². The van der Waals surface area contributed by atoms with Crippen LogP contribution >= 0.6 is 0 Å². The van der Waals surface area contributed by atoms with E-state index in [2.05, 4.69) is 20.4 Å². The molecule has 0 spiro atoms. The molecule has 16 heavy (non-hydrogen) atoms. The van der Waals surface area contributed by atoms with Crippen molar-refractivity contribution in [1.82, 2.24) is 0 Å². The molecule has 96 valence electrons. The summed E-state index contributed by atoms with van der Waals surface area (Å²) in [5, 5.41) is 0. The van der Waals surface area contributed by atoms with Crippen LogP contribution in [-0.2, 0) is 9.47 Å². The fraction of sp³-hybridized carbons (Fsp3) is 0.857. The average Bonchev–Trinajstić information content (AvgIpc) is 2.32. The van der Waals surface area contributed by atoms with Crippen molar-refractivity contribution in [2.45, 2.75) is 52.6 Å². The highest BCUT2D eigenvalue weighted by Gasteiger charge is 2.16. The van der Waals surface area contributed by atoms with Crippen molar-refractivity contribution in [2.24, 2.45) is 5.92 Å². The molecule has 0 saturated carbocycles. The molecule has 0 N–H and O–H groups in total. The Labute approximate surface area is 101 Å². The second-order valence-electron chi connectivity index (χ2n) is 4.08. The number of hydrogen-bond acceptors (Lipinski definition) is 2. The fourth-order valence-electron chi connectivity index (χ4n) is 1.85. The lowest BCUT2D eigenvalue weighted by Gasteiger charge is -2.23. The third kappa shape index (κ3) is 7.02. The minimum absolute atomic E-state index is 0.192. The Morgan fingerprint density at radius 1 is 1.19 bits per heavy atom. The molecule has 0 aromatic rings. The topological polar surface area (TPSA) is 18.5 Å². The summed E-state index contributed by atoms with van der Waals surface area (Å²) >= 11 is 0. The second kappa shape index (κ2) is 11.2. The Balaban J connectivity index is 3.86. The molecule has 2 nitrogen and oxygen atoms in total. The largest absolute Gasteiger partial charge is 0.379 e. The van der Waals surface area contributed by atoms with Gasteiger partial charge in [0.25, 0.3) is 0 Å². The van der Waals surface area contributed by atoms with E-state index in [9.17, 15) is 0 Å². The molecule has 0 heterocycles. The zero-order chi connectivity index (χ0) is 12.2. The summed E-state index contributed by atoms with van der Waals surface area (Å²) in [6.45, 7) is 12.4. The number of ether oxygens (including phenoxy) is 2. The van der Waals surface area contributed by atoms with Crippen molar-refractivity contribution in [3.63, 3.8) is 0 Å². The Hall–Kier alpha value is -0.340. The summed E-state index contributed by atoms with van der Waals surface area (Å²) in [5.74, 6) is 0.610. The maximum atomic E-state index is 5.80. The summed E-state index contributed by atoms with van der Waals surface area (Å²) < 4.78 is 11.1. The van der Waals surface area contributed by atoms with Gasteiger partial charge in [-0.25, -0.2) is 0 Å². The predicted octanol–water partition coefficient (Wildman–Crippen LogP) is 3.81. The van der Waals surface area contributed by atoms with Crippen molar-refractivity contribution in [3.8, 4) is 0 Å². The third-order valence-electron chi connectivity index (χ3n) is 2.89. The van der Waals surface area contributed by atoms with E-state index in [1.54, 1.807) is 0 Å². The molecule has 0 fully saturated rings. The first-order valence-corrected chi connectivity index (χ1v) is 6.61. The van der Waals surface area contributed by atoms with Crippen LogP contribution in [-0.4, -0.2) is 25.9 Å². The van der Waals surface area contributed by atoms with Gasteiger partial charge in [-0.2, -0.15) is 0 Å². The number of rotatable bonds is 11. The summed E-state index contributed by atoms with van der Waals surface area (Å²) in [7, 11) is 0. The van der Waals surface area contributed by atoms with Crippen LogP contribution in [0.2, 0.25) is 0 Å². The summed E-state index contributed by atoms with van der Waals surface area (Å²) in [4.78, 5) is 0. The van der Waals surface area contributed by atoms with E-state index < -0.39 is 0 Å². The molecule has 0 rings (SSSR count). The van der Waals surface area contributed by atoms with Gasteiger partial charge in [0, 0.05) is 6.61 Å². The Bertz CT molecular complexity index is 157. The third-order valence-corrected chi connectivity index (χ3v) is 2.89. The van der Waals surface area contributed by atoms with E-state index in [0.717, 1.165) is 13.0 Å². The molecule has 0 aliphatic heterocycles. The highest BCUT2D eigenvalue weighted by atomic mass is 16.5. The quantitative estimate of drug-likeness (QED) is 0.395. The van der Waals surface area contributed by atoms with Gasteiger partial charge in [0.2, 0.25) is 0 Å². The molecule has 0 bridgehead atoms. The SMILES string of the molecule is C=CC(OCCOCC)C(CC)CCCC. The lowest BCUT2D eigenvalue weighted by Crippen LogP contribution is -2.23. The van der Waals surface area contributed by atoms with Crippen molar-refractivity contribution < 1.29 is 9.47 Å². The Morgan fingerprint density at radius 3 is 2.44 bits per heavy atom. The molecule has 0 aliphatic rings. The van der Waals surface area contributed by atoms with Gasteiger partial charge < -0.3 is 9.47 Å². The van der Waals surface area contributed by atoms with E-state index in [-0.39, 0.29) is 6.10 Å². The van der Waals surface area contributed by atoms with Crippen LogP contribution in [0.3, 0.4) is 0 Å². The van der Waals surface area contributed by atoms with Crippen molar-refractivity contribution in [1.29, 1.82) is 0 Å². The van der Waals surface area contributed by atoms with Crippen LogP contribution in [0.1, 0.15) is 46.5 Å². The van der Waals surface area contributed by atoms with Gasteiger partial charge in [-0.3, -0.25) is 0 Å². The smallest absolute Gasteiger partial charge is 0.0782 e. The zero-order valence-electron chi connectivity index (χ0n) is 11.2. The first-order chi connectivity index (χ1) is 7.79. The van der Waals surface area contributed by atoms with Gasteiger partial charge in [0.15, 0.2) is 0 Å². The van der Waals surface area contributed by atoms with Crippen molar-refractivity contribution in [3.05, 3.63) is 12.7 Å². The van der Waals surface area contributed by atoms with E-state index >= 15 is 0 Å². The van der Waals surface area contributed by atoms with Gasteiger partial charge in [-0.05, 0) is 19.3 Å². The predicted molar refractivity (Wildman–Crippen MR) is 69.7 cm³/mol. The standard InChI is InChI=1S/C14H28O2/c1-5-9-10-13(6-2)14(7-3)16-12-11-15-8-4/h7,13-14H,3,5-6,8-12H2,1-2,4H3. The first kappa shape index (κ1) is 15.7. The molecule has 2 unspecified atom stereocenters. The van der Waals surface area contributed by atoms with E-state index in [0.29, 0.717) is 19.1 Å². The van der Waals surface area contributed by atoms with Crippen LogP contribution in [0.15, 0.2) is 12.7 Å². The molecule has 2 heteroatoms. The van der Waals surface area contributed by atoms with Gasteiger partial charge >= 0.3 is 0 Å². The van der Waals surface area contributed by atoms with E-state index in [4.69, 9.17) is 9.47 Å². The fourth-order valence-corrected chi connectivity index (χ4v) is 1.85. The molecule has 2 atom stereocenters. The summed E-state index contributed by atoms with van der Waals surface area (Å²) in [6, 6.07) is 0. The zero-order valence-corrected chi connectivity index (χ0v) is 11.2. The number of hydrogen-bond donors (Lipinski definition) is 0. The van der Waals surface area contributed by atoms with Gasteiger partial charge in [-0.15, -0.1) is 6.58 Å². The Morgan fingerprint density at radius 2 is 1.94 bits per heavy atom. The van der Waals surface area contributed by atoms with Crippen molar-refractivity contribution in [2.75, 3.05) is 19.8 Å². The van der Waals surface area contributed by atoms with Crippen LogP contribution in [0, 0.1) is 5.92 Å². The molecule has 0 aliphatic carbocycles. The lowest BCUT2D eigenvalue weighted by atomic mass is 9.93. The van der Waals surface area contributed by atoms with Crippen LogP contribution in [0.4, 0.5) is 0 Å². The lowest BCUT2D eigenvalue weighted by molar-refractivity contribution is 0.000542. The van der Waals surface area contributed by atoms with E-state index in [1.165, 1.54) is 19.3 Å². The second-order valence-corrected chi connectivity index (χ2v) is 4.08. The first-order valence-electron chi connectivity index (χ1n) is 6.61. The van der Waals surface area contributed by atoms with Crippen LogP contribution in [0.25, 0.3) is 0 Å². The molecule has 0 aromatic heterocycles. The summed E-state index contributed by atoms with van der Waals surface area (Å²) in [5.41, 5.74) is 0. The molecule has 0 aromatic carbocycles. The Kier molecular flexibility index (Phi) is 10.9. The molecule has 0 saturated heterocycles. The van der Waals surface area contributed by atoms with Gasteiger partial charge in [-0.1, -0.05) is 39.2 Å². The number of unbranched alkanes of at least 4 members (excludes halogenated alkanes) is 1. The molecular weight excluding hydrogens is 200 g/mol. The monoisotopic (exact) mass is 228 g/mol. The molecule has 0 radical (unpaired) electrons. The minimum atomic E-state index is 0.192. The van der Waals surface area contributed by atoms with Gasteiger partial charge in [0.05, 0.1) is 19.3 Å². The van der Waals surface area contributed by atoms with Crippen molar-refractivity contribution >= 4 is 0 Å². The maximum Gasteiger partial charge on any atom is 0.0782 e.